The summed E-state index contributed by atoms with van der Waals surface area (Å²) in [4.78, 5) is 18.1. The van der Waals surface area contributed by atoms with Crippen molar-refractivity contribution in [2.24, 2.45) is 0 Å². The number of benzene rings is 1. The smallest absolute Gasteiger partial charge is 0.406 e. The van der Waals surface area contributed by atoms with Gasteiger partial charge in [-0.15, -0.1) is 13.2 Å². The van der Waals surface area contributed by atoms with E-state index in [2.05, 4.69) is 14.8 Å². The SMILES string of the molecule is CCN(C(=O)Cc1cccc(OC(F)(F)F)c1)c1cn(-c2cncc(F)c2)nc1C. The van der Waals surface area contributed by atoms with Crippen molar-refractivity contribution < 1.29 is 27.1 Å². The molecule has 0 spiro atoms. The minimum absolute atomic E-state index is 0.130. The van der Waals surface area contributed by atoms with Crippen LogP contribution in [0.5, 0.6) is 5.75 Å². The third kappa shape index (κ3) is 5.13. The molecule has 10 heteroatoms. The number of hydrogen-bond acceptors (Lipinski definition) is 4. The third-order valence-corrected chi connectivity index (χ3v) is 4.22. The van der Waals surface area contributed by atoms with E-state index >= 15 is 0 Å². The average Bonchev–Trinajstić information content (AvgIpc) is 3.03. The van der Waals surface area contributed by atoms with Crippen LogP contribution < -0.4 is 9.64 Å². The molecule has 0 radical (unpaired) electrons. The molecule has 2 aromatic heterocycles. The minimum Gasteiger partial charge on any atom is -0.406 e. The van der Waals surface area contributed by atoms with E-state index in [9.17, 15) is 22.4 Å². The molecule has 3 rings (SSSR count). The highest BCUT2D eigenvalue weighted by Crippen LogP contribution is 2.25. The zero-order chi connectivity index (χ0) is 21.9. The lowest BCUT2D eigenvalue weighted by Crippen LogP contribution is -2.32. The fraction of sp³-hybridized carbons (Fsp3) is 0.250. The molecule has 3 aromatic rings. The number of ether oxygens (including phenoxy) is 1. The van der Waals surface area contributed by atoms with Crippen LogP contribution in [0.2, 0.25) is 0 Å². The van der Waals surface area contributed by atoms with Crippen molar-refractivity contribution in [3.63, 3.8) is 0 Å². The van der Waals surface area contributed by atoms with Crippen LogP contribution in [-0.4, -0.2) is 33.6 Å². The molecule has 2 heterocycles. The molecule has 0 aliphatic heterocycles. The van der Waals surface area contributed by atoms with E-state index in [-0.39, 0.29) is 12.3 Å². The van der Waals surface area contributed by atoms with Gasteiger partial charge in [-0.2, -0.15) is 5.10 Å². The number of amides is 1. The Hall–Kier alpha value is -3.43. The predicted molar refractivity (Wildman–Crippen MR) is 101 cm³/mol. The number of halogens is 4. The quantitative estimate of drug-likeness (QED) is 0.559. The Morgan fingerprint density at radius 3 is 2.67 bits per heavy atom. The van der Waals surface area contributed by atoms with Gasteiger partial charge in [0.1, 0.15) is 11.6 Å². The van der Waals surface area contributed by atoms with Gasteiger partial charge in [-0.05, 0) is 31.5 Å². The molecule has 0 fully saturated rings. The molecule has 0 aliphatic carbocycles. The van der Waals surface area contributed by atoms with Gasteiger partial charge in [-0.3, -0.25) is 9.78 Å². The predicted octanol–water partition coefficient (Wildman–Crippen LogP) is 4.21. The third-order valence-electron chi connectivity index (χ3n) is 4.22. The van der Waals surface area contributed by atoms with E-state index < -0.39 is 17.9 Å². The van der Waals surface area contributed by atoms with Crippen molar-refractivity contribution >= 4 is 11.6 Å². The van der Waals surface area contributed by atoms with Crippen molar-refractivity contribution in [2.45, 2.75) is 26.6 Å². The Labute approximate surface area is 169 Å². The summed E-state index contributed by atoms with van der Waals surface area (Å²) < 4.78 is 56.0. The molecule has 158 valence electrons. The summed E-state index contributed by atoms with van der Waals surface area (Å²) in [6.07, 6.45) is -0.857. The maximum absolute atomic E-state index is 13.4. The van der Waals surface area contributed by atoms with Gasteiger partial charge in [0.25, 0.3) is 0 Å². The van der Waals surface area contributed by atoms with E-state index in [1.54, 1.807) is 26.1 Å². The van der Waals surface area contributed by atoms with Crippen molar-refractivity contribution in [2.75, 3.05) is 11.4 Å². The van der Waals surface area contributed by atoms with Crippen LogP contribution in [-0.2, 0) is 11.2 Å². The second-order valence-electron chi connectivity index (χ2n) is 6.42. The molecule has 0 aliphatic rings. The summed E-state index contributed by atoms with van der Waals surface area (Å²) in [7, 11) is 0. The standard InChI is InChI=1S/C20H18F4N4O2/c1-3-27(18-12-28(26-13(18)2)16-9-15(21)10-25-11-16)19(29)8-14-5-4-6-17(7-14)30-20(22,23)24/h4-7,9-12H,3,8H2,1-2H3. The molecule has 0 saturated heterocycles. The summed E-state index contributed by atoms with van der Waals surface area (Å²) in [5.41, 5.74) is 1.81. The topological polar surface area (TPSA) is 60.2 Å². The average molecular weight is 422 g/mol. The normalized spacial score (nSPS) is 11.4. The second kappa shape index (κ2) is 8.52. The van der Waals surface area contributed by atoms with Gasteiger partial charge in [0.15, 0.2) is 0 Å². The number of carbonyl (C=O) groups excluding carboxylic acids is 1. The van der Waals surface area contributed by atoms with E-state index in [0.29, 0.717) is 29.2 Å². The highest BCUT2D eigenvalue weighted by molar-refractivity contribution is 5.95. The second-order valence-corrected chi connectivity index (χ2v) is 6.42. The van der Waals surface area contributed by atoms with Crippen LogP contribution in [0, 0.1) is 12.7 Å². The van der Waals surface area contributed by atoms with Gasteiger partial charge >= 0.3 is 6.36 Å². The Kier molecular flexibility index (Phi) is 6.04. The molecule has 0 saturated carbocycles. The Bertz CT molecular complexity index is 1050. The van der Waals surface area contributed by atoms with Gasteiger partial charge in [0.05, 0.1) is 42.1 Å². The Morgan fingerprint density at radius 2 is 2.00 bits per heavy atom. The van der Waals surface area contributed by atoms with Crippen molar-refractivity contribution in [3.05, 3.63) is 66.0 Å². The van der Waals surface area contributed by atoms with Crippen molar-refractivity contribution in [3.8, 4) is 11.4 Å². The minimum atomic E-state index is -4.81. The molecule has 0 unspecified atom stereocenters. The first-order chi connectivity index (χ1) is 14.2. The number of rotatable bonds is 6. The highest BCUT2D eigenvalue weighted by atomic mass is 19.4. The van der Waals surface area contributed by atoms with Crippen molar-refractivity contribution in [1.29, 1.82) is 0 Å². The summed E-state index contributed by atoms with van der Waals surface area (Å²) in [5.74, 6) is -1.24. The first-order valence-corrected chi connectivity index (χ1v) is 8.98. The lowest BCUT2D eigenvalue weighted by molar-refractivity contribution is -0.274. The van der Waals surface area contributed by atoms with Gasteiger partial charge in [0.2, 0.25) is 5.91 Å². The molecule has 0 bridgehead atoms. The van der Waals surface area contributed by atoms with E-state index in [4.69, 9.17) is 0 Å². The number of likely N-dealkylation sites (N-methyl/N-ethyl adjacent to an activating group) is 1. The molecular formula is C20H18F4N4O2. The number of hydrogen-bond donors (Lipinski definition) is 0. The number of carbonyl (C=O) groups is 1. The molecule has 0 N–H and O–H groups in total. The van der Waals surface area contributed by atoms with Crippen LogP contribution in [0.1, 0.15) is 18.2 Å². The largest absolute Gasteiger partial charge is 0.573 e. The maximum atomic E-state index is 13.4. The monoisotopic (exact) mass is 422 g/mol. The molecule has 30 heavy (non-hydrogen) atoms. The van der Waals surface area contributed by atoms with E-state index in [1.807, 2.05) is 0 Å². The summed E-state index contributed by atoms with van der Waals surface area (Å²) in [5, 5.41) is 4.31. The Balaban J connectivity index is 1.81. The van der Waals surface area contributed by atoms with E-state index in [0.717, 1.165) is 6.20 Å². The number of pyridine rings is 1. The number of alkyl halides is 3. The molecule has 1 amide bonds. The Morgan fingerprint density at radius 1 is 1.23 bits per heavy atom. The number of anilines is 1. The first-order valence-electron chi connectivity index (χ1n) is 8.98. The number of nitrogens with zero attached hydrogens (tertiary/aromatic N) is 4. The van der Waals surface area contributed by atoms with Crippen LogP contribution in [0.15, 0.2) is 48.9 Å². The summed E-state index contributed by atoms with van der Waals surface area (Å²) in [6, 6.07) is 6.53. The lowest BCUT2D eigenvalue weighted by atomic mass is 10.1. The van der Waals surface area contributed by atoms with Gasteiger partial charge in [-0.25, -0.2) is 9.07 Å². The van der Waals surface area contributed by atoms with Crippen LogP contribution in [0.4, 0.5) is 23.2 Å². The van der Waals surface area contributed by atoms with E-state index in [1.165, 1.54) is 40.0 Å². The van der Waals surface area contributed by atoms with Gasteiger partial charge < -0.3 is 9.64 Å². The maximum Gasteiger partial charge on any atom is 0.573 e. The molecule has 6 nitrogen and oxygen atoms in total. The van der Waals surface area contributed by atoms with Crippen LogP contribution in [0.25, 0.3) is 5.69 Å². The lowest BCUT2D eigenvalue weighted by Gasteiger charge is -2.20. The fourth-order valence-corrected chi connectivity index (χ4v) is 2.98. The van der Waals surface area contributed by atoms with Crippen LogP contribution >= 0.6 is 0 Å². The summed E-state index contributed by atoms with van der Waals surface area (Å²) >= 11 is 0. The molecule has 0 atom stereocenters. The fourth-order valence-electron chi connectivity index (χ4n) is 2.98. The number of aryl methyl sites for hydroxylation is 1. The summed E-state index contributed by atoms with van der Waals surface area (Å²) in [6.45, 7) is 3.78. The van der Waals surface area contributed by atoms with Crippen molar-refractivity contribution in [1.82, 2.24) is 14.8 Å². The molecule has 1 aromatic carbocycles. The highest BCUT2D eigenvalue weighted by Gasteiger charge is 2.31. The molecular weight excluding hydrogens is 404 g/mol. The number of aromatic nitrogens is 3. The van der Waals surface area contributed by atoms with Crippen LogP contribution in [0.3, 0.4) is 0 Å². The zero-order valence-electron chi connectivity index (χ0n) is 16.2. The van der Waals surface area contributed by atoms with Gasteiger partial charge in [-0.1, -0.05) is 12.1 Å². The first kappa shape index (κ1) is 21.3. The van der Waals surface area contributed by atoms with Gasteiger partial charge in [0, 0.05) is 12.6 Å². The zero-order valence-corrected chi connectivity index (χ0v) is 16.2.